The predicted octanol–water partition coefficient (Wildman–Crippen LogP) is 4.04. The number of hydrogen-bond donors (Lipinski definition) is 0. The monoisotopic (exact) mass is 425 g/mol. The molecule has 4 aromatic rings. The first kappa shape index (κ1) is 21.4. The third-order valence-electron chi connectivity index (χ3n) is 5.69. The lowest BCUT2D eigenvalue weighted by atomic mass is 9.95. The molecule has 1 aromatic carbocycles. The number of anilines is 1. The van der Waals surface area contributed by atoms with Crippen LogP contribution in [0.3, 0.4) is 0 Å². The minimum atomic E-state index is 0.510. The molecule has 0 aliphatic rings. The normalized spacial score (nSPS) is 11.0. The van der Waals surface area contributed by atoms with Crippen molar-refractivity contribution in [2.75, 3.05) is 19.0 Å². The fourth-order valence-electron chi connectivity index (χ4n) is 3.90. The zero-order valence-corrected chi connectivity index (χ0v) is 19.0. The Bertz CT molecular complexity index is 1300. The molecule has 0 fully saturated rings. The maximum Gasteiger partial charge on any atom is 0.224 e. The minimum absolute atomic E-state index is 0.510. The molecule has 32 heavy (non-hydrogen) atoms. The fraction of sp³-hybridized carbons (Fsp3) is 0.320. The molecule has 0 bridgehead atoms. The van der Waals surface area contributed by atoms with Gasteiger partial charge in [-0.1, -0.05) is 0 Å². The topological polar surface area (TPSA) is 83.5 Å². The van der Waals surface area contributed by atoms with E-state index in [0.29, 0.717) is 12.4 Å². The number of pyridine rings is 1. The summed E-state index contributed by atoms with van der Waals surface area (Å²) in [5.41, 5.74) is 7.45. The van der Waals surface area contributed by atoms with Crippen molar-refractivity contribution in [1.29, 1.82) is 5.26 Å². The first-order valence-corrected chi connectivity index (χ1v) is 10.7. The highest BCUT2D eigenvalue weighted by molar-refractivity contribution is 5.86. The van der Waals surface area contributed by atoms with Gasteiger partial charge in [0.1, 0.15) is 0 Å². The van der Waals surface area contributed by atoms with Crippen LogP contribution in [0.5, 0.6) is 0 Å². The van der Waals surface area contributed by atoms with E-state index >= 15 is 0 Å². The van der Waals surface area contributed by atoms with Gasteiger partial charge in [-0.3, -0.25) is 0 Å². The highest BCUT2D eigenvalue weighted by Crippen LogP contribution is 2.28. The Balaban J connectivity index is 1.77. The number of nitriles is 1. The molecular formula is C25H27N7. The quantitative estimate of drug-likeness (QED) is 0.444. The van der Waals surface area contributed by atoms with Crippen LogP contribution in [-0.4, -0.2) is 38.6 Å². The lowest BCUT2D eigenvalue weighted by molar-refractivity contribution is 0.883. The molecule has 0 aliphatic heterocycles. The molecular weight excluding hydrogens is 398 g/mol. The van der Waals surface area contributed by atoms with E-state index < -0.39 is 0 Å². The first-order valence-electron chi connectivity index (χ1n) is 10.7. The number of rotatable bonds is 7. The van der Waals surface area contributed by atoms with Crippen LogP contribution in [-0.2, 0) is 26.3 Å². The summed E-state index contributed by atoms with van der Waals surface area (Å²) >= 11 is 0. The van der Waals surface area contributed by atoms with E-state index in [4.69, 9.17) is 10.2 Å². The second-order valence-corrected chi connectivity index (χ2v) is 8.25. The van der Waals surface area contributed by atoms with Crippen LogP contribution in [0.25, 0.3) is 22.3 Å². The summed E-state index contributed by atoms with van der Waals surface area (Å²) in [4.78, 5) is 20.1. The molecule has 4 rings (SSSR count). The maximum atomic E-state index is 9.04. The van der Waals surface area contributed by atoms with Crippen molar-refractivity contribution in [2.24, 2.45) is 7.05 Å². The Morgan fingerprint density at radius 2 is 1.91 bits per heavy atom. The molecule has 0 radical (unpaired) electrons. The summed E-state index contributed by atoms with van der Waals surface area (Å²) < 4.78 is 1.99. The molecule has 7 nitrogen and oxygen atoms in total. The molecule has 0 unspecified atom stereocenters. The fourth-order valence-corrected chi connectivity index (χ4v) is 3.90. The van der Waals surface area contributed by atoms with Crippen LogP contribution >= 0.6 is 0 Å². The van der Waals surface area contributed by atoms with Crippen molar-refractivity contribution in [1.82, 2.24) is 24.5 Å². The van der Waals surface area contributed by atoms with Gasteiger partial charge in [-0.05, 0) is 67.1 Å². The SMILES string of the molecule is Cc1cc2nc(-c3cncn3C)cc(CCc3ccnc(N(C)C)n3)c2cc1CCC#N. The number of aromatic nitrogens is 5. The summed E-state index contributed by atoms with van der Waals surface area (Å²) in [5, 5.41) is 10.2. The van der Waals surface area contributed by atoms with E-state index in [0.717, 1.165) is 47.2 Å². The summed E-state index contributed by atoms with van der Waals surface area (Å²) in [7, 11) is 5.87. The number of fused-ring (bicyclic) bond motifs is 1. The van der Waals surface area contributed by atoms with E-state index in [1.807, 2.05) is 49.1 Å². The summed E-state index contributed by atoms with van der Waals surface area (Å²) in [6.07, 6.45) is 8.34. The summed E-state index contributed by atoms with van der Waals surface area (Å²) in [6, 6.07) is 10.7. The summed E-state index contributed by atoms with van der Waals surface area (Å²) in [5.74, 6) is 0.715. The molecule has 3 heterocycles. The van der Waals surface area contributed by atoms with Crippen LogP contribution in [0.1, 0.15) is 28.8 Å². The Kier molecular flexibility index (Phi) is 6.13. The van der Waals surface area contributed by atoms with Gasteiger partial charge in [0.2, 0.25) is 5.95 Å². The molecule has 0 atom stereocenters. The highest BCUT2D eigenvalue weighted by Gasteiger charge is 2.13. The zero-order valence-electron chi connectivity index (χ0n) is 19.0. The Morgan fingerprint density at radius 1 is 1.06 bits per heavy atom. The van der Waals surface area contributed by atoms with E-state index in [9.17, 15) is 0 Å². The number of hydrogen-bond acceptors (Lipinski definition) is 6. The number of benzene rings is 1. The van der Waals surface area contributed by atoms with Gasteiger partial charge in [-0.15, -0.1) is 0 Å². The second-order valence-electron chi connectivity index (χ2n) is 8.25. The van der Waals surface area contributed by atoms with Gasteiger partial charge in [-0.25, -0.2) is 19.9 Å². The number of aryl methyl sites for hydroxylation is 5. The van der Waals surface area contributed by atoms with Crippen LogP contribution in [0.2, 0.25) is 0 Å². The highest BCUT2D eigenvalue weighted by atomic mass is 15.2. The van der Waals surface area contributed by atoms with Gasteiger partial charge in [0.05, 0.1) is 35.5 Å². The van der Waals surface area contributed by atoms with E-state index in [1.54, 1.807) is 6.33 Å². The maximum absolute atomic E-state index is 9.04. The van der Waals surface area contributed by atoms with Gasteiger partial charge in [-0.2, -0.15) is 5.26 Å². The Hall–Kier alpha value is -3.79. The van der Waals surface area contributed by atoms with Crippen molar-refractivity contribution in [3.8, 4) is 17.5 Å². The first-order chi connectivity index (χ1) is 15.5. The minimum Gasteiger partial charge on any atom is -0.347 e. The van der Waals surface area contributed by atoms with Crippen molar-refractivity contribution in [3.63, 3.8) is 0 Å². The van der Waals surface area contributed by atoms with Crippen molar-refractivity contribution in [3.05, 3.63) is 65.4 Å². The van der Waals surface area contributed by atoms with Crippen LogP contribution < -0.4 is 4.90 Å². The van der Waals surface area contributed by atoms with Crippen molar-refractivity contribution < 1.29 is 0 Å². The lowest BCUT2D eigenvalue weighted by Gasteiger charge is -2.14. The molecule has 162 valence electrons. The van der Waals surface area contributed by atoms with E-state index in [2.05, 4.69) is 46.1 Å². The lowest BCUT2D eigenvalue weighted by Crippen LogP contribution is -2.13. The number of imidazole rings is 1. The van der Waals surface area contributed by atoms with Crippen LogP contribution in [0.15, 0.2) is 43.0 Å². The molecule has 0 saturated carbocycles. The van der Waals surface area contributed by atoms with Crippen molar-refractivity contribution in [2.45, 2.75) is 32.6 Å². The molecule has 7 heteroatoms. The van der Waals surface area contributed by atoms with E-state index in [1.165, 1.54) is 16.7 Å². The van der Waals surface area contributed by atoms with Crippen LogP contribution in [0, 0.1) is 18.3 Å². The number of nitrogens with zero attached hydrogens (tertiary/aromatic N) is 7. The van der Waals surface area contributed by atoms with Gasteiger partial charge >= 0.3 is 0 Å². The third kappa shape index (κ3) is 4.45. The molecule has 0 spiro atoms. The van der Waals surface area contributed by atoms with E-state index in [-0.39, 0.29) is 0 Å². The molecule has 0 amide bonds. The predicted molar refractivity (Wildman–Crippen MR) is 126 cm³/mol. The zero-order chi connectivity index (χ0) is 22.7. The average molecular weight is 426 g/mol. The Morgan fingerprint density at radius 3 is 2.62 bits per heavy atom. The molecule has 0 saturated heterocycles. The van der Waals surface area contributed by atoms with Gasteiger partial charge in [0.15, 0.2) is 0 Å². The standard InChI is InChI=1S/C25H27N7/c1-17-12-22-21(13-18(17)6-5-10-26)19(14-23(30-22)24-15-27-16-32(24)4)7-8-20-9-11-28-25(29-20)31(2)3/h9,11-16H,5-8H2,1-4H3. The van der Waals surface area contributed by atoms with Crippen LogP contribution in [0.4, 0.5) is 5.95 Å². The average Bonchev–Trinajstić information content (AvgIpc) is 3.22. The largest absolute Gasteiger partial charge is 0.347 e. The third-order valence-corrected chi connectivity index (χ3v) is 5.69. The van der Waals surface area contributed by atoms with Gasteiger partial charge in [0, 0.05) is 44.8 Å². The van der Waals surface area contributed by atoms with Crippen molar-refractivity contribution >= 4 is 16.9 Å². The van der Waals surface area contributed by atoms with Gasteiger partial charge in [0.25, 0.3) is 0 Å². The molecule has 0 aliphatic carbocycles. The smallest absolute Gasteiger partial charge is 0.224 e. The second kappa shape index (κ2) is 9.15. The Labute approximate surface area is 188 Å². The summed E-state index contributed by atoms with van der Waals surface area (Å²) in [6.45, 7) is 2.09. The molecule has 3 aromatic heterocycles. The van der Waals surface area contributed by atoms with Gasteiger partial charge < -0.3 is 9.47 Å². The molecule has 0 N–H and O–H groups in total.